The highest BCUT2D eigenvalue weighted by Crippen LogP contribution is 2.27. The Labute approximate surface area is 78.9 Å². The minimum Gasteiger partial charge on any atom is -0.396 e. The van der Waals surface area contributed by atoms with Gasteiger partial charge in [-0.25, -0.2) is 0 Å². The molecule has 2 rings (SSSR count). The van der Waals surface area contributed by atoms with E-state index in [0.29, 0.717) is 5.92 Å². The van der Waals surface area contributed by atoms with Crippen molar-refractivity contribution in [2.75, 3.05) is 5.73 Å². The van der Waals surface area contributed by atoms with Gasteiger partial charge in [-0.05, 0) is 25.2 Å². The van der Waals surface area contributed by atoms with Crippen LogP contribution in [0.25, 0.3) is 0 Å². The number of nitrogens with two attached hydrogens (primary N) is 1. The normalized spacial score (nSPS) is 16.2. The number of hydrogen-bond acceptors (Lipinski definition) is 2. The maximum Gasteiger partial charge on any atom is 0.0882 e. The van der Waals surface area contributed by atoms with Gasteiger partial charge in [0, 0.05) is 6.54 Å². The first-order valence-corrected chi connectivity index (χ1v) is 5.05. The molecule has 2 N–H and O–H groups in total. The number of aromatic nitrogens is 2. The molecule has 0 bridgehead atoms. The van der Waals surface area contributed by atoms with Gasteiger partial charge in [0.2, 0.25) is 0 Å². The number of hydrogen-bond donors (Lipinski definition) is 1. The second-order valence-corrected chi connectivity index (χ2v) is 4.08. The first-order chi connectivity index (χ1) is 6.20. The van der Waals surface area contributed by atoms with E-state index in [0.717, 1.165) is 24.3 Å². The summed E-state index contributed by atoms with van der Waals surface area (Å²) in [6.07, 6.45) is 3.60. The van der Waals surface area contributed by atoms with Gasteiger partial charge in [-0.2, -0.15) is 5.10 Å². The molecule has 0 radical (unpaired) electrons. The van der Waals surface area contributed by atoms with Gasteiger partial charge in [0.1, 0.15) is 0 Å². The third kappa shape index (κ3) is 1.32. The zero-order valence-electron chi connectivity index (χ0n) is 8.38. The van der Waals surface area contributed by atoms with Gasteiger partial charge < -0.3 is 5.73 Å². The van der Waals surface area contributed by atoms with E-state index in [-0.39, 0.29) is 0 Å². The number of nitrogen functional groups attached to an aromatic ring is 1. The Morgan fingerprint density at radius 2 is 2.15 bits per heavy atom. The third-order valence-electron chi connectivity index (χ3n) is 2.71. The minimum atomic E-state index is 0.443. The van der Waals surface area contributed by atoms with Gasteiger partial charge >= 0.3 is 0 Å². The monoisotopic (exact) mass is 179 g/mol. The summed E-state index contributed by atoms with van der Waals surface area (Å²) >= 11 is 0. The van der Waals surface area contributed by atoms with Crippen molar-refractivity contribution in [3.05, 3.63) is 11.4 Å². The van der Waals surface area contributed by atoms with Crippen molar-refractivity contribution in [2.45, 2.75) is 45.6 Å². The Bertz CT molecular complexity index is 312. The van der Waals surface area contributed by atoms with Gasteiger partial charge in [-0.3, -0.25) is 4.68 Å². The van der Waals surface area contributed by atoms with Crippen molar-refractivity contribution >= 4 is 5.69 Å². The Morgan fingerprint density at radius 1 is 1.38 bits per heavy atom. The summed E-state index contributed by atoms with van der Waals surface area (Å²) in [7, 11) is 0. The van der Waals surface area contributed by atoms with E-state index in [1.54, 1.807) is 0 Å². The van der Waals surface area contributed by atoms with Crippen LogP contribution in [0.1, 0.15) is 44.0 Å². The number of aryl methyl sites for hydroxylation is 1. The topological polar surface area (TPSA) is 43.8 Å². The van der Waals surface area contributed by atoms with Gasteiger partial charge in [0.25, 0.3) is 0 Å². The lowest BCUT2D eigenvalue weighted by Gasteiger charge is -2.12. The van der Waals surface area contributed by atoms with Crippen LogP contribution < -0.4 is 5.73 Å². The second-order valence-electron chi connectivity index (χ2n) is 4.08. The van der Waals surface area contributed by atoms with Crippen LogP contribution in [0, 0.1) is 0 Å². The van der Waals surface area contributed by atoms with Crippen LogP contribution in [0.5, 0.6) is 0 Å². The van der Waals surface area contributed by atoms with Crippen LogP contribution in [-0.2, 0) is 13.0 Å². The highest BCUT2D eigenvalue weighted by Gasteiger charge is 2.19. The fourth-order valence-corrected chi connectivity index (χ4v) is 1.96. The van der Waals surface area contributed by atoms with Gasteiger partial charge in [-0.1, -0.05) is 13.8 Å². The van der Waals surface area contributed by atoms with Crippen molar-refractivity contribution in [2.24, 2.45) is 0 Å². The summed E-state index contributed by atoms with van der Waals surface area (Å²) in [4.78, 5) is 0. The molecule has 0 saturated carbocycles. The SMILES string of the molecule is CC(C)c1nn2c(c1N)CCCC2. The first-order valence-electron chi connectivity index (χ1n) is 5.05. The summed E-state index contributed by atoms with van der Waals surface area (Å²) in [5, 5.41) is 4.54. The fraction of sp³-hybridized carbons (Fsp3) is 0.700. The molecule has 0 saturated heterocycles. The molecule has 3 heteroatoms. The smallest absolute Gasteiger partial charge is 0.0882 e. The van der Waals surface area contributed by atoms with E-state index in [4.69, 9.17) is 5.73 Å². The summed E-state index contributed by atoms with van der Waals surface area (Å²) in [5.74, 6) is 0.443. The molecule has 1 aliphatic rings. The van der Waals surface area contributed by atoms with Crippen molar-refractivity contribution < 1.29 is 0 Å². The highest BCUT2D eigenvalue weighted by molar-refractivity contribution is 5.50. The van der Waals surface area contributed by atoms with Crippen molar-refractivity contribution in [3.8, 4) is 0 Å². The van der Waals surface area contributed by atoms with E-state index in [1.807, 2.05) is 0 Å². The largest absolute Gasteiger partial charge is 0.396 e. The van der Waals surface area contributed by atoms with E-state index < -0.39 is 0 Å². The molecular formula is C10H17N3. The molecule has 1 aliphatic heterocycles. The zero-order valence-corrected chi connectivity index (χ0v) is 8.38. The van der Waals surface area contributed by atoms with Crippen LogP contribution in [-0.4, -0.2) is 9.78 Å². The van der Waals surface area contributed by atoms with Crippen molar-refractivity contribution in [1.29, 1.82) is 0 Å². The number of fused-ring (bicyclic) bond motifs is 1. The van der Waals surface area contributed by atoms with Crippen molar-refractivity contribution in [1.82, 2.24) is 9.78 Å². The van der Waals surface area contributed by atoms with E-state index in [2.05, 4.69) is 23.6 Å². The summed E-state index contributed by atoms with van der Waals surface area (Å²) in [5.41, 5.74) is 9.32. The molecule has 0 unspecified atom stereocenters. The predicted octanol–water partition coefficient (Wildman–Crippen LogP) is 1.93. The summed E-state index contributed by atoms with van der Waals surface area (Å²) in [6, 6.07) is 0. The van der Waals surface area contributed by atoms with E-state index >= 15 is 0 Å². The molecule has 0 spiro atoms. The van der Waals surface area contributed by atoms with E-state index in [9.17, 15) is 0 Å². The number of rotatable bonds is 1. The lowest BCUT2D eigenvalue weighted by atomic mass is 10.1. The van der Waals surface area contributed by atoms with Gasteiger partial charge in [0.05, 0.1) is 17.1 Å². The molecule has 0 aromatic carbocycles. The molecular weight excluding hydrogens is 162 g/mol. The standard InChI is InChI=1S/C10H17N3/c1-7(2)10-9(11)8-5-3-4-6-13(8)12-10/h7H,3-6,11H2,1-2H3. The molecule has 0 fully saturated rings. The highest BCUT2D eigenvalue weighted by atomic mass is 15.3. The molecule has 0 atom stereocenters. The van der Waals surface area contributed by atoms with Crippen LogP contribution in [0.2, 0.25) is 0 Å². The summed E-state index contributed by atoms with van der Waals surface area (Å²) < 4.78 is 2.09. The Balaban J connectivity index is 2.44. The average molecular weight is 179 g/mol. The molecule has 72 valence electrons. The average Bonchev–Trinajstić information content (AvgIpc) is 2.45. The molecule has 13 heavy (non-hydrogen) atoms. The zero-order chi connectivity index (χ0) is 9.42. The lowest BCUT2D eigenvalue weighted by molar-refractivity contribution is 0.482. The maximum absolute atomic E-state index is 6.04. The second kappa shape index (κ2) is 3.05. The predicted molar refractivity (Wildman–Crippen MR) is 53.7 cm³/mol. The van der Waals surface area contributed by atoms with Crippen LogP contribution in [0.4, 0.5) is 5.69 Å². The van der Waals surface area contributed by atoms with Gasteiger partial charge in [0.15, 0.2) is 0 Å². The first kappa shape index (κ1) is 8.60. The number of nitrogens with zero attached hydrogens (tertiary/aromatic N) is 2. The van der Waals surface area contributed by atoms with Crippen LogP contribution in [0.15, 0.2) is 0 Å². The van der Waals surface area contributed by atoms with E-state index in [1.165, 1.54) is 18.5 Å². The minimum absolute atomic E-state index is 0.443. The molecule has 0 aliphatic carbocycles. The Morgan fingerprint density at radius 3 is 2.77 bits per heavy atom. The molecule has 1 aromatic rings. The summed E-state index contributed by atoms with van der Waals surface area (Å²) in [6.45, 7) is 5.33. The fourth-order valence-electron chi connectivity index (χ4n) is 1.96. The number of anilines is 1. The molecule has 1 aromatic heterocycles. The van der Waals surface area contributed by atoms with Crippen LogP contribution in [0.3, 0.4) is 0 Å². The molecule has 3 nitrogen and oxygen atoms in total. The maximum atomic E-state index is 6.04. The Kier molecular flexibility index (Phi) is 2.02. The van der Waals surface area contributed by atoms with Gasteiger partial charge in [-0.15, -0.1) is 0 Å². The third-order valence-corrected chi connectivity index (χ3v) is 2.71. The lowest BCUT2D eigenvalue weighted by Crippen LogP contribution is -2.11. The quantitative estimate of drug-likeness (QED) is 0.715. The molecule has 0 amide bonds. The van der Waals surface area contributed by atoms with Crippen LogP contribution >= 0.6 is 0 Å². The molecule has 2 heterocycles. The Hall–Kier alpha value is -0.990. The van der Waals surface area contributed by atoms with Crippen molar-refractivity contribution in [3.63, 3.8) is 0 Å².